The summed E-state index contributed by atoms with van der Waals surface area (Å²) < 4.78 is 0. The van der Waals surface area contributed by atoms with Crippen LogP contribution in [0.15, 0.2) is 0 Å². The maximum Gasteiger partial charge on any atom is 0.208 e. The highest BCUT2D eigenvalue weighted by Crippen LogP contribution is 2.17. The summed E-state index contributed by atoms with van der Waals surface area (Å²) in [5.74, 6) is 0. The zero-order valence-corrected chi connectivity index (χ0v) is 8.94. The molecule has 0 unspecified atom stereocenters. The fourth-order valence-electron chi connectivity index (χ4n) is 0.663. The van der Waals surface area contributed by atoms with Gasteiger partial charge in [-0.1, -0.05) is 27.3 Å². The first-order chi connectivity index (χ1) is 5.24. The molecule has 0 aliphatic rings. The van der Waals surface area contributed by atoms with Gasteiger partial charge in [0.05, 0.1) is 0 Å². The van der Waals surface area contributed by atoms with Crippen molar-refractivity contribution in [3.63, 3.8) is 0 Å². The highest BCUT2D eigenvalue weighted by molar-refractivity contribution is 9.09. The SMILES string of the molecule is Cc1nnc(N(C)CCBr)s1. The average molecular weight is 236 g/mol. The van der Waals surface area contributed by atoms with Gasteiger partial charge < -0.3 is 4.90 Å². The van der Waals surface area contributed by atoms with Gasteiger partial charge in [-0.25, -0.2) is 0 Å². The summed E-state index contributed by atoms with van der Waals surface area (Å²) >= 11 is 4.99. The molecule has 0 fully saturated rings. The highest BCUT2D eigenvalue weighted by atomic mass is 79.9. The summed E-state index contributed by atoms with van der Waals surface area (Å²) in [6.45, 7) is 2.93. The highest BCUT2D eigenvalue weighted by Gasteiger charge is 2.04. The lowest BCUT2D eigenvalue weighted by Crippen LogP contribution is -2.18. The molecule has 1 heterocycles. The molecule has 0 aliphatic heterocycles. The predicted molar refractivity (Wildman–Crippen MR) is 51.7 cm³/mol. The van der Waals surface area contributed by atoms with E-state index < -0.39 is 0 Å². The molecule has 1 rings (SSSR count). The van der Waals surface area contributed by atoms with E-state index in [1.165, 1.54) is 0 Å². The lowest BCUT2D eigenvalue weighted by atomic mass is 10.7. The van der Waals surface area contributed by atoms with Crippen LogP contribution >= 0.6 is 27.3 Å². The van der Waals surface area contributed by atoms with Crippen LogP contribution in [-0.2, 0) is 0 Å². The van der Waals surface area contributed by atoms with Crippen molar-refractivity contribution < 1.29 is 0 Å². The summed E-state index contributed by atoms with van der Waals surface area (Å²) in [6, 6.07) is 0. The first-order valence-electron chi connectivity index (χ1n) is 3.31. The monoisotopic (exact) mass is 235 g/mol. The van der Waals surface area contributed by atoms with Gasteiger partial charge >= 0.3 is 0 Å². The Hall–Kier alpha value is -0.160. The molecular formula is C6H10BrN3S. The van der Waals surface area contributed by atoms with Crippen LogP contribution in [0.25, 0.3) is 0 Å². The first kappa shape index (κ1) is 8.93. The third-order valence-corrected chi connectivity index (χ3v) is 2.57. The molecule has 3 nitrogen and oxygen atoms in total. The van der Waals surface area contributed by atoms with E-state index in [0.29, 0.717) is 0 Å². The van der Waals surface area contributed by atoms with Crippen molar-refractivity contribution in [2.45, 2.75) is 6.92 Å². The predicted octanol–water partition coefficient (Wildman–Crippen LogP) is 1.68. The Morgan fingerprint density at radius 3 is 2.73 bits per heavy atom. The minimum Gasteiger partial charge on any atom is -0.349 e. The number of aromatic nitrogens is 2. The van der Waals surface area contributed by atoms with Gasteiger partial charge in [-0.2, -0.15) is 0 Å². The van der Waals surface area contributed by atoms with Crippen molar-refractivity contribution in [3.05, 3.63) is 5.01 Å². The van der Waals surface area contributed by atoms with Crippen molar-refractivity contribution in [1.29, 1.82) is 0 Å². The Labute approximate surface area is 78.6 Å². The van der Waals surface area contributed by atoms with Crippen LogP contribution < -0.4 is 4.90 Å². The standard InChI is InChI=1S/C6H10BrN3S/c1-5-8-9-6(11-5)10(2)4-3-7/h3-4H2,1-2H3. The van der Waals surface area contributed by atoms with Gasteiger partial charge in [-0.3, -0.25) is 0 Å². The summed E-state index contributed by atoms with van der Waals surface area (Å²) in [6.07, 6.45) is 0. The molecular weight excluding hydrogens is 226 g/mol. The van der Waals surface area contributed by atoms with Gasteiger partial charge in [0.25, 0.3) is 0 Å². The third kappa shape index (κ3) is 2.41. The van der Waals surface area contributed by atoms with E-state index in [4.69, 9.17) is 0 Å². The van der Waals surface area contributed by atoms with Crippen molar-refractivity contribution in [3.8, 4) is 0 Å². The molecule has 0 saturated carbocycles. The van der Waals surface area contributed by atoms with Gasteiger partial charge in [-0.05, 0) is 6.92 Å². The smallest absolute Gasteiger partial charge is 0.208 e. The topological polar surface area (TPSA) is 29.0 Å². The zero-order chi connectivity index (χ0) is 8.27. The van der Waals surface area contributed by atoms with Gasteiger partial charge in [0.1, 0.15) is 5.01 Å². The van der Waals surface area contributed by atoms with Crippen LogP contribution in [0.3, 0.4) is 0 Å². The average Bonchev–Trinajstić information content (AvgIpc) is 2.36. The quantitative estimate of drug-likeness (QED) is 0.747. The fraction of sp³-hybridized carbons (Fsp3) is 0.667. The molecule has 1 aromatic rings. The van der Waals surface area contributed by atoms with Crippen molar-refractivity contribution in [2.75, 3.05) is 23.8 Å². The van der Waals surface area contributed by atoms with Crippen molar-refractivity contribution >= 4 is 32.4 Å². The molecule has 62 valence electrons. The number of halogens is 1. The molecule has 0 amide bonds. The lowest BCUT2D eigenvalue weighted by molar-refractivity contribution is 0.932. The van der Waals surface area contributed by atoms with E-state index in [0.717, 1.165) is 22.0 Å². The summed E-state index contributed by atoms with van der Waals surface area (Å²) in [4.78, 5) is 2.08. The molecule has 0 atom stereocenters. The lowest BCUT2D eigenvalue weighted by Gasteiger charge is -2.11. The summed E-state index contributed by atoms with van der Waals surface area (Å²) in [7, 11) is 2.02. The largest absolute Gasteiger partial charge is 0.349 e. The van der Waals surface area contributed by atoms with Crippen LogP contribution in [0.1, 0.15) is 5.01 Å². The minimum absolute atomic E-state index is 0.960. The van der Waals surface area contributed by atoms with Crippen LogP contribution in [-0.4, -0.2) is 29.1 Å². The van der Waals surface area contributed by atoms with Crippen molar-refractivity contribution in [2.24, 2.45) is 0 Å². The van der Waals surface area contributed by atoms with Crippen LogP contribution in [0, 0.1) is 6.92 Å². The Morgan fingerprint density at radius 1 is 1.55 bits per heavy atom. The second kappa shape index (κ2) is 4.01. The van der Waals surface area contributed by atoms with E-state index in [2.05, 4.69) is 31.0 Å². The van der Waals surface area contributed by atoms with Crippen LogP contribution in [0.4, 0.5) is 5.13 Å². The fourth-order valence-corrected chi connectivity index (χ4v) is 1.87. The Balaban J connectivity index is 2.60. The Kier molecular flexibility index (Phi) is 3.26. The number of anilines is 1. The number of hydrogen-bond donors (Lipinski definition) is 0. The van der Waals surface area contributed by atoms with E-state index in [1.54, 1.807) is 11.3 Å². The Bertz CT molecular complexity index is 225. The molecule has 5 heteroatoms. The number of rotatable bonds is 3. The molecule has 0 radical (unpaired) electrons. The van der Waals surface area contributed by atoms with E-state index >= 15 is 0 Å². The van der Waals surface area contributed by atoms with E-state index in [1.807, 2.05) is 14.0 Å². The molecule has 0 bridgehead atoms. The molecule has 11 heavy (non-hydrogen) atoms. The molecule has 0 spiro atoms. The molecule has 0 saturated heterocycles. The molecule has 0 aliphatic carbocycles. The second-order valence-corrected chi connectivity index (χ2v) is 4.17. The van der Waals surface area contributed by atoms with Crippen LogP contribution in [0.5, 0.6) is 0 Å². The number of aryl methyl sites for hydroxylation is 1. The maximum absolute atomic E-state index is 4.01. The minimum atomic E-state index is 0.960. The normalized spacial score (nSPS) is 10.1. The molecule has 0 N–H and O–H groups in total. The zero-order valence-electron chi connectivity index (χ0n) is 6.54. The molecule has 0 aromatic carbocycles. The number of nitrogens with zero attached hydrogens (tertiary/aromatic N) is 3. The summed E-state index contributed by atoms with van der Waals surface area (Å²) in [5.41, 5.74) is 0. The van der Waals surface area contributed by atoms with E-state index in [9.17, 15) is 0 Å². The second-order valence-electron chi connectivity index (χ2n) is 2.21. The van der Waals surface area contributed by atoms with Gasteiger partial charge in [0.2, 0.25) is 5.13 Å². The van der Waals surface area contributed by atoms with Crippen molar-refractivity contribution in [1.82, 2.24) is 10.2 Å². The van der Waals surface area contributed by atoms with Gasteiger partial charge in [-0.15, -0.1) is 10.2 Å². The first-order valence-corrected chi connectivity index (χ1v) is 5.25. The van der Waals surface area contributed by atoms with Crippen LogP contribution in [0.2, 0.25) is 0 Å². The van der Waals surface area contributed by atoms with Gasteiger partial charge in [0, 0.05) is 18.9 Å². The van der Waals surface area contributed by atoms with E-state index in [-0.39, 0.29) is 0 Å². The Morgan fingerprint density at radius 2 is 2.27 bits per heavy atom. The number of hydrogen-bond acceptors (Lipinski definition) is 4. The summed E-state index contributed by atoms with van der Waals surface area (Å²) in [5, 5.41) is 10.9. The third-order valence-electron chi connectivity index (χ3n) is 1.26. The number of alkyl halides is 1. The maximum atomic E-state index is 4.01. The molecule has 1 aromatic heterocycles. The van der Waals surface area contributed by atoms with Gasteiger partial charge in [0.15, 0.2) is 0 Å².